The van der Waals surface area contributed by atoms with E-state index in [0.717, 1.165) is 41.2 Å². The third kappa shape index (κ3) is 4.72. The third-order valence-electron chi connectivity index (χ3n) is 8.18. The maximum absolute atomic E-state index is 4.82. The quantitative estimate of drug-likeness (QED) is 0.243. The topological polar surface area (TPSA) is 37.1 Å². The zero-order valence-corrected chi connectivity index (χ0v) is 24.3. The summed E-state index contributed by atoms with van der Waals surface area (Å²) in [5, 5.41) is 4.82. The summed E-state index contributed by atoms with van der Waals surface area (Å²) < 4.78 is 6.50. The zero-order valence-electron chi connectivity index (χ0n) is 24.3. The summed E-state index contributed by atoms with van der Waals surface area (Å²) in [5.74, 6) is 0. The standard InChI is InChI=1S/C32H45N5/c1-12-17-26-24(4)25(5)37(23-33-10)32(14-3,31(26,9)13-2)19-21-36-20-16-15-18-27(36)28-22-29(30(6,7)8)34-35(28)11/h12,15-23H,1,4,13-14H2,2-3,5-11H3/q+2. The van der Waals surface area contributed by atoms with Gasteiger partial charge in [-0.05, 0) is 37.5 Å². The van der Waals surface area contributed by atoms with Gasteiger partial charge in [-0.25, -0.2) is 4.58 Å². The van der Waals surface area contributed by atoms with Crippen LogP contribution in [0.4, 0.5) is 0 Å². The summed E-state index contributed by atoms with van der Waals surface area (Å²) in [7, 11) is 3.85. The van der Waals surface area contributed by atoms with Crippen LogP contribution in [-0.4, -0.2) is 39.0 Å². The van der Waals surface area contributed by atoms with E-state index in [1.807, 2.05) is 31.2 Å². The van der Waals surface area contributed by atoms with Crippen molar-refractivity contribution in [2.75, 3.05) is 7.05 Å². The number of nitrogens with zero attached hydrogens (tertiary/aromatic N) is 5. The van der Waals surface area contributed by atoms with Crippen LogP contribution in [0.5, 0.6) is 0 Å². The number of rotatable bonds is 7. The van der Waals surface area contributed by atoms with Crippen molar-refractivity contribution in [2.45, 2.75) is 72.3 Å². The lowest BCUT2D eigenvalue weighted by atomic mass is 9.58. The molecule has 196 valence electrons. The highest BCUT2D eigenvalue weighted by molar-refractivity contribution is 6.01. The van der Waals surface area contributed by atoms with Crippen molar-refractivity contribution in [3.8, 4) is 11.4 Å². The molecule has 2 atom stereocenters. The van der Waals surface area contributed by atoms with Crippen LogP contribution in [0.15, 0.2) is 78.0 Å². The average Bonchev–Trinajstić information content (AvgIpc) is 3.27. The molecule has 0 saturated carbocycles. The Morgan fingerprint density at radius 1 is 1.19 bits per heavy atom. The van der Waals surface area contributed by atoms with Gasteiger partial charge in [0, 0.05) is 41.7 Å². The van der Waals surface area contributed by atoms with Crippen LogP contribution in [0.2, 0.25) is 0 Å². The summed E-state index contributed by atoms with van der Waals surface area (Å²) in [5.41, 5.74) is 6.03. The van der Waals surface area contributed by atoms with Crippen molar-refractivity contribution < 1.29 is 9.14 Å². The molecule has 3 heterocycles. The number of aromatic nitrogens is 3. The highest BCUT2D eigenvalue weighted by Gasteiger charge is 2.56. The van der Waals surface area contributed by atoms with E-state index < -0.39 is 0 Å². The predicted octanol–water partition coefficient (Wildman–Crippen LogP) is 6.52. The van der Waals surface area contributed by atoms with E-state index in [0.29, 0.717) is 0 Å². The van der Waals surface area contributed by atoms with E-state index in [9.17, 15) is 0 Å². The molecule has 5 heteroatoms. The minimum atomic E-state index is -0.357. The molecule has 3 rings (SSSR count). The SMILES string of the molecule is C=CC=C1C(=C)C(C)=[N+](C=NC)C(C=C[n+]2ccccc2-c2cc(C(C)(C)C)nn2C)(CC)C1(C)CC. The van der Waals surface area contributed by atoms with Crippen LogP contribution >= 0.6 is 0 Å². The fourth-order valence-corrected chi connectivity index (χ4v) is 5.70. The van der Waals surface area contributed by atoms with Gasteiger partial charge < -0.3 is 0 Å². The summed E-state index contributed by atoms with van der Waals surface area (Å²) in [6.07, 6.45) is 14.5. The third-order valence-corrected chi connectivity index (χ3v) is 8.18. The second kappa shape index (κ2) is 10.6. The molecular formula is C32H45N5+2. The van der Waals surface area contributed by atoms with Crippen LogP contribution in [0.25, 0.3) is 17.6 Å². The van der Waals surface area contributed by atoms with Crippen LogP contribution in [-0.2, 0) is 12.5 Å². The monoisotopic (exact) mass is 499 g/mol. The Labute approximate surface area is 224 Å². The average molecular weight is 500 g/mol. The predicted molar refractivity (Wildman–Crippen MR) is 157 cm³/mol. The van der Waals surface area contributed by atoms with Gasteiger partial charge >= 0.3 is 0 Å². The molecule has 0 radical (unpaired) electrons. The van der Waals surface area contributed by atoms with E-state index in [4.69, 9.17) is 5.10 Å². The van der Waals surface area contributed by atoms with Crippen molar-refractivity contribution in [3.05, 3.63) is 78.7 Å². The highest BCUT2D eigenvalue weighted by atomic mass is 15.3. The van der Waals surface area contributed by atoms with E-state index in [1.54, 1.807) is 0 Å². The summed E-state index contributed by atoms with van der Waals surface area (Å²) >= 11 is 0. The molecule has 2 unspecified atom stereocenters. The molecule has 0 N–H and O–H groups in total. The van der Waals surface area contributed by atoms with Crippen LogP contribution < -0.4 is 4.57 Å². The molecule has 2 aromatic heterocycles. The molecule has 0 spiro atoms. The Hall–Kier alpha value is -3.34. The van der Waals surface area contributed by atoms with Crippen LogP contribution in [0.3, 0.4) is 0 Å². The number of aryl methyl sites for hydroxylation is 1. The van der Waals surface area contributed by atoms with E-state index >= 15 is 0 Å². The zero-order chi connectivity index (χ0) is 27.6. The first-order valence-electron chi connectivity index (χ1n) is 13.2. The number of hydrogen-bond donors (Lipinski definition) is 0. The van der Waals surface area contributed by atoms with Gasteiger partial charge in [-0.2, -0.15) is 9.67 Å². The van der Waals surface area contributed by atoms with Crippen LogP contribution in [0.1, 0.15) is 67.0 Å². The van der Waals surface area contributed by atoms with Gasteiger partial charge in [-0.1, -0.05) is 71.8 Å². The Balaban J connectivity index is 2.29. The Bertz CT molecular complexity index is 1310. The largest absolute Gasteiger partial charge is 0.280 e. The first kappa shape index (κ1) is 28.2. The van der Waals surface area contributed by atoms with Gasteiger partial charge in [0.15, 0.2) is 12.4 Å². The molecule has 0 aliphatic carbocycles. The lowest BCUT2D eigenvalue weighted by Gasteiger charge is -2.50. The normalized spacial score (nSPS) is 24.1. The first-order valence-corrected chi connectivity index (χ1v) is 13.2. The Kier molecular flexibility index (Phi) is 8.06. The van der Waals surface area contributed by atoms with Gasteiger partial charge in [-0.15, -0.1) is 0 Å². The molecular weight excluding hydrogens is 454 g/mol. The maximum atomic E-state index is 4.82. The number of pyridine rings is 1. The van der Waals surface area contributed by atoms with Crippen molar-refractivity contribution in [2.24, 2.45) is 17.5 Å². The highest BCUT2D eigenvalue weighted by Crippen LogP contribution is 2.51. The first-order chi connectivity index (χ1) is 17.4. The van der Waals surface area contributed by atoms with E-state index in [-0.39, 0.29) is 16.4 Å². The second-order valence-corrected chi connectivity index (χ2v) is 11.2. The molecule has 2 aromatic rings. The lowest BCUT2D eigenvalue weighted by molar-refractivity contribution is -0.560. The molecule has 0 aromatic carbocycles. The molecule has 0 fully saturated rings. The lowest BCUT2D eigenvalue weighted by Crippen LogP contribution is -2.59. The molecule has 0 saturated heterocycles. The van der Waals surface area contributed by atoms with E-state index in [1.165, 1.54) is 5.57 Å². The number of aliphatic imine (C=N–C) groups is 1. The second-order valence-electron chi connectivity index (χ2n) is 11.2. The van der Waals surface area contributed by atoms with Crippen molar-refractivity contribution in [1.29, 1.82) is 0 Å². The smallest absolute Gasteiger partial charge is 0.262 e. The van der Waals surface area contributed by atoms with Gasteiger partial charge in [0.2, 0.25) is 5.69 Å². The maximum Gasteiger partial charge on any atom is 0.280 e. The van der Waals surface area contributed by atoms with Gasteiger partial charge in [-0.3, -0.25) is 4.68 Å². The summed E-state index contributed by atoms with van der Waals surface area (Å²) in [4.78, 5) is 4.46. The molecule has 1 aliphatic heterocycles. The van der Waals surface area contributed by atoms with Crippen LogP contribution in [0, 0.1) is 5.41 Å². The fraction of sp³-hybridized carbons (Fsp3) is 0.438. The number of allylic oxidation sites excluding steroid dienone is 3. The van der Waals surface area contributed by atoms with E-state index in [2.05, 4.69) is 125 Å². The minimum Gasteiger partial charge on any atom is -0.262 e. The minimum absolute atomic E-state index is 0.0214. The van der Waals surface area contributed by atoms with Crippen molar-refractivity contribution >= 4 is 18.3 Å². The number of hydrogen-bond acceptors (Lipinski definition) is 2. The molecule has 1 aliphatic rings. The Morgan fingerprint density at radius 2 is 1.89 bits per heavy atom. The van der Waals surface area contributed by atoms with Gasteiger partial charge in [0.25, 0.3) is 6.34 Å². The molecule has 0 amide bonds. The summed E-state index contributed by atoms with van der Waals surface area (Å²) in [6.45, 7) is 24.1. The molecule has 0 bridgehead atoms. The fourth-order valence-electron chi connectivity index (χ4n) is 5.70. The van der Waals surface area contributed by atoms with Crippen molar-refractivity contribution in [1.82, 2.24) is 9.78 Å². The molecule has 37 heavy (non-hydrogen) atoms. The Morgan fingerprint density at radius 3 is 2.43 bits per heavy atom. The van der Waals surface area contributed by atoms with Gasteiger partial charge in [0.1, 0.15) is 24.0 Å². The summed E-state index contributed by atoms with van der Waals surface area (Å²) in [6, 6.07) is 8.51. The molecule has 5 nitrogen and oxygen atoms in total. The van der Waals surface area contributed by atoms with Gasteiger partial charge in [0.05, 0.1) is 5.69 Å². The van der Waals surface area contributed by atoms with Crippen molar-refractivity contribution in [3.63, 3.8) is 0 Å².